The molecule has 0 spiro atoms. The van der Waals surface area contributed by atoms with Crippen LogP contribution >= 0.6 is 0 Å². The van der Waals surface area contributed by atoms with Crippen LogP contribution in [0.15, 0.2) is 16.7 Å². The van der Waals surface area contributed by atoms with Gasteiger partial charge in [0.15, 0.2) is 0 Å². The minimum Gasteiger partial charge on any atom is -0.469 e. The van der Waals surface area contributed by atoms with Crippen LogP contribution in [0, 0.1) is 13.8 Å². The summed E-state index contributed by atoms with van der Waals surface area (Å²) in [6, 6.07) is 1.98. The predicted octanol–water partition coefficient (Wildman–Crippen LogP) is 2.86. The van der Waals surface area contributed by atoms with E-state index in [0.717, 1.165) is 47.9 Å². The molecular weight excluding hydrogens is 252 g/mol. The van der Waals surface area contributed by atoms with E-state index in [2.05, 4.69) is 21.8 Å². The quantitative estimate of drug-likeness (QED) is 0.908. The first-order chi connectivity index (χ1) is 9.52. The van der Waals surface area contributed by atoms with Gasteiger partial charge in [0.05, 0.1) is 6.26 Å². The summed E-state index contributed by atoms with van der Waals surface area (Å²) in [6.07, 6.45) is 3.56. The molecule has 0 atom stereocenters. The third-order valence-corrected chi connectivity index (χ3v) is 3.41. The Morgan fingerprint density at radius 1 is 1.30 bits per heavy atom. The first-order valence-corrected chi connectivity index (χ1v) is 6.90. The van der Waals surface area contributed by atoms with Crippen LogP contribution in [-0.2, 0) is 13.0 Å². The molecule has 0 aliphatic carbocycles. The summed E-state index contributed by atoms with van der Waals surface area (Å²) in [4.78, 5) is 11.1. The van der Waals surface area contributed by atoms with Crippen LogP contribution in [0.3, 0.4) is 0 Å². The van der Waals surface area contributed by atoms with Crippen LogP contribution < -0.4 is 10.6 Å². The Morgan fingerprint density at radius 3 is 2.65 bits per heavy atom. The van der Waals surface area contributed by atoms with Gasteiger partial charge in [-0.3, -0.25) is 0 Å². The fourth-order valence-electron chi connectivity index (χ4n) is 2.18. The van der Waals surface area contributed by atoms with Crippen LogP contribution in [0.4, 0.5) is 11.6 Å². The molecule has 2 aromatic heterocycles. The van der Waals surface area contributed by atoms with Gasteiger partial charge >= 0.3 is 0 Å². The molecule has 0 saturated carbocycles. The molecular formula is C15H22N4O. The van der Waals surface area contributed by atoms with Gasteiger partial charge in [-0.2, -0.15) is 0 Å². The number of nitrogen functional groups attached to an aromatic ring is 1. The Bertz CT molecular complexity index is 592. The number of furan rings is 1. The van der Waals surface area contributed by atoms with Crippen LogP contribution in [0.5, 0.6) is 0 Å². The van der Waals surface area contributed by atoms with E-state index in [9.17, 15) is 0 Å². The molecule has 0 amide bonds. The molecule has 2 N–H and O–H groups in total. The van der Waals surface area contributed by atoms with Crippen LogP contribution in [0.1, 0.15) is 36.1 Å². The van der Waals surface area contributed by atoms with Crippen molar-refractivity contribution in [1.29, 1.82) is 0 Å². The van der Waals surface area contributed by atoms with Crippen molar-refractivity contribution < 1.29 is 4.42 Å². The number of aryl methyl sites for hydroxylation is 2. The molecule has 5 nitrogen and oxygen atoms in total. The summed E-state index contributed by atoms with van der Waals surface area (Å²) in [5.41, 5.74) is 8.07. The second kappa shape index (κ2) is 5.94. The minimum absolute atomic E-state index is 0.564. The lowest BCUT2D eigenvalue weighted by Crippen LogP contribution is -2.21. The molecule has 2 rings (SSSR count). The summed E-state index contributed by atoms with van der Waals surface area (Å²) in [5.74, 6) is 3.20. The normalized spacial score (nSPS) is 10.8. The van der Waals surface area contributed by atoms with Crippen molar-refractivity contribution in [3.05, 3.63) is 35.0 Å². The third kappa shape index (κ3) is 2.92. The standard InChI is InChI=1S/C15H22N4O/c1-5-6-13-17-14(16)10(2)15(18-13)19(4)9-12-7-8-20-11(12)3/h7-8H,5-6,9H2,1-4H3,(H2,16,17,18). The fraction of sp³-hybridized carbons (Fsp3) is 0.467. The second-order valence-corrected chi connectivity index (χ2v) is 5.08. The number of nitrogens with zero attached hydrogens (tertiary/aromatic N) is 3. The molecule has 0 radical (unpaired) electrons. The van der Waals surface area contributed by atoms with Gasteiger partial charge in [-0.15, -0.1) is 0 Å². The molecule has 108 valence electrons. The number of rotatable bonds is 5. The Balaban J connectivity index is 2.28. The summed E-state index contributed by atoms with van der Waals surface area (Å²) < 4.78 is 5.33. The van der Waals surface area contributed by atoms with Crippen molar-refractivity contribution >= 4 is 11.6 Å². The highest BCUT2D eigenvalue weighted by molar-refractivity contribution is 5.56. The largest absolute Gasteiger partial charge is 0.469 e. The van der Waals surface area contributed by atoms with Crippen molar-refractivity contribution in [2.45, 2.75) is 40.2 Å². The van der Waals surface area contributed by atoms with E-state index in [1.165, 1.54) is 0 Å². The van der Waals surface area contributed by atoms with Crippen LogP contribution in [0.2, 0.25) is 0 Å². The van der Waals surface area contributed by atoms with E-state index in [-0.39, 0.29) is 0 Å². The van der Waals surface area contributed by atoms with E-state index in [1.807, 2.05) is 27.0 Å². The molecule has 20 heavy (non-hydrogen) atoms. The predicted molar refractivity (Wildman–Crippen MR) is 80.7 cm³/mol. The summed E-state index contributed by atoms with van der Waals surface area (Å²) >= 11 is 0. The van der Waals surface area contributed by atoms with E-state index >= 15 is 0 Å². The fourth-order valence-corrected chi connectivity index (χ4v) is 2.18. The van der Waals surface area contributed by atoms with Gasteiger partial charge in [0.2, 0.25) is 0 Å². The van der Waals surface area contributed by atoms with E-state index in [1.54, 1.807) is 6.26 Å². The Hall–Kier alpha value is -2.04. The van der Waals surface area contributed by atoms with E-state index < -0.39 is 0 Å². The van der Waals surface area contributed by atoms with E-state index in [0.29, 0.717) is 5.82 Å². The second-order valence-electron chi connectivity index (χ2n) is 5.08. The van der Waals surface area contributed by atoms with Crippen molar-refractivity contribution in [2.75, 3.05) is 17.7 Å². The monoisotopic (exact) mass is 274 g/mol. The van der Waals surface area contributed by atoms with Gasteiger partial charge in [-0.25, -0.2) is 9.97 Å². The summed E-state index contributed by atoms with van der Waals surface area (Å²) in [5, 5.41) is 0. The maximum atomic E-state index is 6.00. The smallest absolute Gasteiger partial charge is 0.137 e. The van der Waals surface area contributed by atoms with Crippen LogP contribution in [0.25, 0.3) is 0 Å². The maximum Gasteiger partial charge on any atom is 0.137 e. The summed E-state index contributed by atoms with van der Waals surface area (Å²) in [6.45, 7) is 6.77. The van der Waals surface area contributed by atoms with Gasteiger partial charge < -0.3 is 15.1 Å². The molecule has 0 saturated heterocycles. The Kier molecular flexibility index (Phi) is 4.27. The number of hydrogen-bond acceptors (Lipinski definition) is 5. The highest BCUT2D eigenvalue weighted by Gasteiger charge is 2.14. The zero-order chi connectivity index (χ0) is 14.7. The average Bonchev–Trinajstić information content (AvgIpc) is 2.79. The zero-order valence-electron chi connectivity index (χ0n) is 12.6. The minimum atomic E-state index is 0.564. The van der Waals surface area contributed by atoms with Crippen molar-refractivity contribution in [3.63, 3.8) is 0 Å². The highest BCUT2D eigenvalue weighted by atomic mass is 16.3. The number of aromatic nitrogens is 2. The zero-order valence-corrected chi connectivity index (χ0v) is 12.6. The Labute approximate surface area is 119 Å². The third-order valence-electron chi connectivity index (χ3n) is 3.41. The average molecular weight is 274 g/mol. The van der Waals surface area contributed by atoms with Gasteiger partial charge in [0, 0.05) is 31.1 Å². The van der Waals surface area contributed by atoms with Gasteiger partial charge in [0.1, 0.15) is 23.2 Å². The van der Waals surface area contributed by atoms with E-state index in [4.69, 9.17) is 10.2 Å². The lowest BCUT2D eigenvalue weighted by molar-refractivity contribution is 0.529. The lowest BCUT2D eigenvalue weighted by atomic mass is 10.2. The lowest BCUT2D eigenvalue weighted by Gasteiger charge is -2.21. The van der Waals surface area contributed by atoms with Crippen molar-refractivity contribution in [2.24, 2.45) is 0 Å². The summed E-state index contributed by atoms with van der Waals surface area (Å²) in [7, 11) is 2.01. The number of anilines is 2. The van der Waals surface area contributed by atoms with Gasteiger partial charge in [0.25, 0.3) is 0 Å². The first kappa shape index (κ1) is 14.4. The molecule has 0 bridgehead atoms. The van der Waals surface area contributed by atoms with Crippen molar-refractivity contribution in [1.82, 2.24) is 9.97 Å². The molecule has 2 heterocycles. The topological polar surface area (TPSA) is 68.2 Å². The molecule has 2 aromatic rings. The van der Waals surface area contributed by atoms with Gasteiger partial charge in [-0.05, 0) is 26.3 Å². The number of hydrogen-bond donors (Lipinski definition) is 1. The van der Waals surface area contributed by atoms with Crippen molar-refractivity contribution in [3.8, 4) is 0 Å². The maximum absolute atomic E-state index is 6.00. The SMILES string of the molecule is CCCc1nc(N)c(C)c(N(C)Cc2ccoc2C)n1. The van der Waals surface area contributed by atoms with Crippen LogP contribution in [-0.4, -0.2) is 17.0 Å². The van der Waals surface area contributed by atoms with Gasteiger partial charge in [-0.1, -0.05) is 6.92 Å². The molecule has 0 aromatic carbocycles. The molecule has 0 fully saturated rings. The highest BCUT2D eigenvalue weighted by Crippen LogP contribution is 2.23. The Morgan fingerprint density at radius 2 is 2.05 bits per heavy atom. The molecule has 0 aliphatic heterocycles. The molecule has 5 heteroatoms. The molecule has 0 aliphatic rings. The first-order valence-electron chi connectivity index (χ1n) is 6.90. The molecule has 0 unspecified atom stereocenters. The number of nitrogens with two attached hydrogens (primary N) is 1.